The van der Waals surface area contributed by atoms with Gasteiger partial charge in [0.2, 0.25) is 5.82 Å². The molecule has 0 aliphatic carbocycles. The van der Waals surface area contributed by atoms with Gasteiger partial charge in [0.25, 0.3) is 0 Å². The van der Waals surface area contributed by atoms with Crippen LogP contribution in [0.3, 0.4) is 0 Å². The Bertz CT molecular complexity index is 353. The van der Waals surface area contributed by atoms with Crippen molar-refractivity contribution in [3.63, 3.8) is 0 Å². The van der Waals surface area contributed by atoms with Crippen LogP contribution in [0, 0.1) is 11.3 Å². The van der Waals surface area contributed by atoms with Gasteiger partial charge in [-0.05, 0) is 7.05 Å². The first-order valence-corrected chi connectivity index (χ1v) is 3.73. The zero-order valence-electron chi connectivity index (χ0n) is 6.78. The van der Waals surface area contributed by atoms with Crippen molar-refractivity contribution in [2.75, 3.05) is 7.05 Å². The molecular formula is C8H8N4. The van der Waals surface area contributed by atoms with Gasteiger partial charge in [0.15, 0.2) is 0 Å². The number of nitriles is 1. The molecule has 2 heterocycles. The summed E-state index contributed by atoms with van der Waals surface area (Å²) >= 11 is 0. The molecule has 60 valence electrons. The molecule has 0 amide bonds. The third kappa shape index (κ3) is 1.04. The van der Waals surface area contributed by atoms with E-state index in [0.717, 1.165) is 24.3 Å². The predicted octanol–water partition coefficient (Wildman–Crippen LogP) is 0.294. The van der Waals surface area contributed by atoms with Gasteiger partial charge in [-0.3, -0.25) is 4.90 Å². The quantitative estimate of drug-likeness (QED) is 0.547. The molecule has 1 aliphatic rings. The molecule has 0 N–H and O–H groups in total. The lowest BCUT2D eigenvalue weighted by Gasteiger charge is -2.01. The van der Waals surface area contributed by atoms with Gasteiger partial charge in [0.1, 0.15) is 6.07 Å². The molecule has 0 aromatic carbocycles. The van der Waals surface area contributed by atoms with Gasteiger partial charge in [-0.25, -0.2) is 9.97 Å². The molecule has 1 aromatic rings. The van der Waals surface area contributed by atoms with Crippen LogP contribution in [0.4, 0.5) is 0 Å². The Morgan fingerprint density at radius 1 is 1.58 bits per heavy atom. The van der Waals surface area contributed by atoms with Crippen LogP contribution in [0.1, 0.15) is 17.1 Å². The Labute approximate surface area is 70.5 Å². The molecule has 0 radical (unpaired) electrons. The molecule has 12 heavy (non-hydrogen) atoms. The topological polar surface area (TPSA) is 52.8 Å². The SMILES string of the molecule is CN1Cc2cnc(C#N)nc2C1. The third-order valence-corrected chi connectivity index (χ3v) is 1.91. The summed E-state index contributed by atoms with van der Waals surface area (Å²) in [6.07, 6.45) is 1.74. The molecule has 2 rings (SSSR count). The molecule has 1 aromatic heterocycles. The lowest BCUT2D eigenvalue weighted by atomic mass is 10.3. The van der Waals surface area contributed by atoms with E-state index >= 15 is 0 Å². The molecule has 4 heteroatoms. The van der Waals surface area contributed by atoms with Crippen molar-refractivity contribution in [2.45, 2.75) is 13.1 Å². The second kappa shape index (κ2) is 2.54. The van der Waals surface area contributed by atoms with Crippen LogP contribution < -0.4 is 0 Å². The first-order valence-electron chi connectivity index (χ1n) is 3.73. The summed E-state index contributed by atoms with van der Waals surface area (Å²) in [5.74, 6) is 0.268. The number of fused-ring (bicyclic) bond motifs is 1. The van der Waals surface area contributed by atoms with E-state index in [2.05, 4.69) is 14.9 Å². The molecule has 0 bridgehead atoms. The highest BCUT2D eigenvalue weighted by Crippen LogP contribution is 2.17. The fourth-order valence-electron chi connectivity index (χ4n) is 1.37. The predicted molar refractivity (Wildman–Crippen MR) is 41.9 cm³/mol. The molecule has 1 aliphatic heterocycles. The molecule has 0 spiro atoms. The van der Waals surface area contributed by atoms with Gasteiger partial charge in [0.05, 0.1) is 5.69 Å². The van der Waals surface area contributed by atoms with Crippen LogP contribution in [-0.2, 0) is 13.1 Å². The fraction of sp³-hybridized carbons (Fsp3) is 0.375. The van der Waals surface area contributed by atoms with E-state index in [9.17, 15) is 0 Å². The summed E-state index contributed by atoms with van der Waals surface area (Å²) < 4.78 is 0. The number of rotatable bonds is 0. The van der Waals surface area contributed by atoms with Gasteiger partial charge in [-0.15, -0.1) is 0 Å². The average molecular weight is 160 g/mol. The maximum atomic E-state index is 8.55. The number of nitrogens with zero attached hydrogens (tertiary/aromatic N) is 4. The summed E-state index contributed by atoms with van der Waals surface area (Å²) in [4.78, 5) is 10.2. The summed E-state index contributed by atoms with van der Waals surface area (Å²) in [7, 11) is 2.02. The average Bonchev–Trinajstić information content (AvgIpc) is 2.43. The highest BCUT2D eigenvalue weighted by Gasteiger charge is 2.17. The fourth-order valence-corrected chi connectivity index (χ4v) is 1.37. The third-order valence-electron chi connectivity index (χ3n) is 1.91. The van der Waals surface area contributed by atoms with E-state index in [1.54, 1.807) is 6.20 Å². The molecule has 0 unspecified atom stereocenters. The minimum absolute atomic E-state index is 0.268. The van der Waals surface area contributed by atoms with E-state index in [-0.39, 0.29) is 5.82 Å². The number of aromatic nitrogens is 2. The lowest BCUT2D eigenvalue weighted by molar-refractivity contribution is 0.351. The minimum atomic E-state index is 0.268. The van der Waals surface area contributed by atoms with Crippen molar-refractivity contribution in [1.29, 1.82) is 5.26 Å². The monoisotopic (exact) mass is 160 g/mol. The molecular weight excluding hydrogens is 152 g/mol. The second-order valence-electron chi connectivity index (χ2n) is 2.95. The van der Waals surface area contributed by atoms with Crippen LogP contribution in [-0.4, -0.2) is 21.9 Å². The van der Waals surface area contributed by atoms with Crippen molar-refractivity contribution in [2.24, 2.45) is 0 Å². The Kier molecular flexibility index (Phi) is 1.52. The Hall–Kier alpha value is -1.47. The second-order valence-corrected chi connectivity index (χ2v) is 2.95. The van der Waals surface area contributed by atoms with E-state index in [1.807, 2.05) is 13.1 Å². The highest BCUT2D eigenvalue weighted by molar-refractivity contribution is 5.24. The van der Waals surface area contributed by atoms with Crippen molar-refractivity contribution in [3.05, 3.63) is 23.3 Å². The summed E-state index contributed by atoms with van der Waals surface area (Å²) in [5.41, 5.74) is 2.13. The summed E-state index contributed by atoms with van der Waals surface area (Å²) in [6.45, 7) is 1.72. The highest BCUT2D eigenvalue weighted by atomic mass is 15.1. The van der Waals surface area contributed by atoms with Crippen LogP contribution in [0.2, 0.25) is 0 Å². The van der Waals surface area contributed by atoms with Gasteiger partial charge in [-0.2, -0.15) is 5.26 Å². The molecule has 4 nitrogen and oxygen atoms in total. The molecule has 0 saturated heterocycles. The molecule has 0 atom stereocenters. The first kappa shape index (κ1) is 7.19. The van der Waals surface area contributed by atoms with Gasteiger partial charge >= 0.3 is 0 Å². The van der Waals surface area contributed by atoms with Crippen molar-refractivity contribution in [1.82, 2.24) is 14.9 Å². The zero-order chi connectivity index (χ0) is 8.55. The van der Waals surface area contributed by atoms with Crippen molar-refractivity contribution >= 4 is 0 Å². The Morgan fingerprint density at radius 2 is 2.42 bits per heavy atom. The van der Waals surface area contributed by atoms with E-state index in [1.165, 1.54) is 0 Å². The molecule has 0 fully saturated rings. The smallest absolute Gasteiger partial charge is 0.232 e. The van der Waals surface area contributed by atoms with Gasteiger partial charge in [0, 0.05) is 24.8 Å². The molecule has 0 saturated carbocycles. The normalized spacial score (nSPS) is 15.7. The van der Waals surface area contributed by atoms with Gasteiger partial charge in [-0.1, -0.05) is 0 Å². The van der Waals surface area contributed by atoms with Crippen LogP contribution in [0.15, 0.2) is 6.20 Å². The van der Waals surface area contributed by atoms with Crippen molar-refractivity contribution in [3.8, 4) is 6.07 Å². The largest absolute Gasteiger partial charge is 0.296 e. The Balaban J connectivity index is 2.44. The summed E-state index contributed by atoms with van der Waals surface area (Å²) in [5, 5.41) is 8.55. The van der Waals surface area contributed by atoms with Crippen molar-refractivity contribution < 1.29 is 0 Å². The maximum absolute atomic E-state index is 8.55. The standard InChI is InChI=1S/C8H8N4/c1-12-4-6-3-10-8(2-9)11-7(6)5-12/h3H,4-5H2,1H3. The minimum Gasteiger partial charge on any atom is -0.296 e. The Morgan fingerprint density at radius 3 is 3.17 bits per heavy atom. The van der Waals surface area contributed by atoms with E-state index in [4.69, 9.17) is 5.26 Å². The number of hydrogen-bond donors (Lipinski definition) is 0. The zero-order valence-corrected chi connectivity index (χ0v) is 6.78. The lowest BCUT2D eigenvalue weighted by Crippen LogP contribution is -2.07. The number of hydrogen-bond acceptors (Lipinski definition) is 4. The van der Waals surface area contributed by atoms with E-state index in [0.29, 0.717) is 0 Å². The summed E-state index contributed by atoms with van der Waals surface area (Å²) in [6, 6.07) is 1.93. The van der Waals surface area contributed by atoms with Gasteiger partial charge < -0.3 is 0 Å². The first-order chi connectivity index (χ1) is 5.79. The maximum Gasteiger partial charge on any atom is 0.232 e. The van der Waals surface area contributed by atoms with Crippen LogP contribution >= 0.6 is 0 Å². The van der Waals surface area contributed by atoms with E-state index < -0.39 is 0 Å². The van der Waals surface area contributed by atoms with Crippen LogP contribution in [0.5, 0.6) is 0 Å². The van der Waals surface area contributed by atoms with Crippen LogP contribution in [0.25, 0.3) is 0 Å².